The van der Waals surface area contributed by atoms with Gasteiger partial charge in [-0.3, -0.25) is 0 Å². The van der Waals surface area contributed by atoms with E-state index in [1.807, 2.05) is 17.8 Å². The summed E-state index contributed by atoms with van der Waals surface area (Å²) in [6.07, 6.45) is 24.4. The summed E-state index contributed by atoms with van der Waals surface area (Å²) >= 11 is 2.01. The van der Waals surface area contributed by atoms with Gasteiger partial charge in [-0.15, -0.1) is 0 Å². The monoisotopic (exact) mass is 462 g/mol. The summed E-state index contributed by atoms with van der Waals surface area (Å²) < 4.78 is 0.280. The number of benzene rings is 1. The Labute approximate surface area is 205 Å². The van der Waals surface area contributed by atoms with Gasteiger partial charge in [-0.25, -0.2) is 0 Å². The van der Waals surface area contributed by atoms with E-state index < -0.39 is 0 Å². The largest absolute Gasteiger partial charge is 0.508 e. The van der Waals surface area contributed by atoms with Crippen molar-refractivity contribution >= 4 is 11.8 Å². The summed E-state index contributed by atoms with van der Waals surface area (Å²) in [6.45, 7) is 9.32. The van der Waals surface area contributed by atoms with Crippen molar-refractivity contribution < 1.29 is 5.11 Å². The van der Waals surface area contributed by atoms with Gasteiger partial charge < -0.3 is 5.11 Å². The maximum absolute atomic E-state index is 10.4. The molecule has 0 aromatic heterocycles. The lowest BCUT2D eigenvalue weighted by Crippen LogP contribution is -2.14. The zero-order chi connectivity index (χ0) is 23.5. The maximum Gasteiger partial charge on any atom is 0.119 e. The van der Waals surface area contributed by atoms with Gasteiger partial charge in [0, 0.05) is 16.1 Å². The van der Waals surface area contributed by atoms with Crippen molar-refractivity contribution in [2.75, 3.05) is 0 Å². The molecule has 0 unspecified atom stereocenters. The molecule has 0 bridgehead atoms. The summed E-state index contributed by atoms with van der Waals surface area (Å²) in [5.41, 5.74) is 2.51. The molecule has 2 heteroatoms. The molecular formula is C30H54OS. The van der Waals surface area contributed by atoms with Gasteiger partial charge in [-0.05, 0) is 30.9 Å². The van der Waals surface area contributed by atoms with Gasteiger partial charge in [0.05, 0.1) is 0 Å². The maximum atomic E-state index is 10.4. The number of hydrogen-bond donors (Lipinski definition) is 1. The Morgan fingerprint density at radius 2 is 1.19 bits per heavy atom. The molecule has 0 aliphatic heterocycles. The lowest BCUT2D eigenvalue weighted by Gasteiger charge is -2.24. The van der Waals surface area contributed by atoms with Crippen LogP contribution in [0.2, 0.25) is 0 Å². The molecule has 1 aromatic carbocycles. The summed E-state index contributed by atoms with van der Waals surface area (Å²) in [4.78, 5) is 0. The minimum atomic E-state index is 0.280. The first kappa shape index (κ1) is 29.4. The van der Waals surface area contributed by atoms with Crippen LogP contribution in [0.3, 0.4) is 0 Å². The van der Waals surface area contributed by atoms with Crippen molar-refractivity contribution in [3.05, 3.63) is 29.3 Å². The van der Waals surface area contributed by atoms with Crippen LogP contribution in [0, 0.1) is 0 Å². The van der Waals surface area contributed by atoms with E-state index in [1.54, 1.807) is 0 Å². The first-order valence-corrected chi connectivity index (χ1v) is 14.9. The number of aryl methyl sites for hydroxylation is 1. The van der Waals surface area contributed by atoms with Gasteiger partial charge in [0.25, 0.3) is 0 Å². The molecule has 32 heavy (non-hydrogen) atoms. The van der Waals surface area contributed by atoms with Gasteiger partial charge in [-0.1, -0.05) is 136 Å². The molecule has 0 aliphatic carbocycles. The Morgan fingerprint density at radius 3 is 1.75 bits per heavy atom. The average Bonchev–Trinajstić information content (AvgIpc) is 2.77. The van der Waals surface area contributed by atoms with E-state index in [0.717, 1.165) is 17.7 Å². The Balaban J connectivity index is 2.24. The Hall–Kier alpha value is -0.630. The van der Waals surface area contributed by atoms with Gasteiger partial charge in [0.1, 0.15) is 5.75 Å². The van der Waals surface area contributed by atoms with Crippen molar-refractivity contribution in [3.63, 3.8) is 0 Å². The van der Waals surface area contributed by atoms with Crippen LogP contribution < -0.4 is 0 Å². The fourth-order valence-electron chi connectivity index (χ4n) is 4.40. The Kier molecular flexibility index (Phi) is 17.2. The number of phenolic OH excluding ortho intramolecular Hbond substituents is 1. The van der Waals surface area contributed by atoms with E-state index in [1.165, 1.54) is 115 Å². The second-order valence-electron chi connectivity index (χ2n) is 10.5. The SMILES string of the molecule is CCCCCCCCCCCC(C)(C)SCc1cc(CCCCCCCCC)ccc1O. The van der Waals surface area contributed by atoms with E-state index in [4.69, 9.17) is 0 Å². The molecule has 0 atom stereocenters. The van der Waals surface area contributed by atoms with Gasteiger partial charge >= 0.3 is 0 Å². The molecule has 1 N–H and O–H groups in total. The molecule has 0 spiro atoms. The first-order chi connectivity index (χ1) is 15.5. The lowest BCUT2D eigenvalue weighted by atomic mass is 10.0. The molecule has 0 saturated heterocycles. The Bertz CT molecular complexity index is 566. The van der Waals surface area contributed by atoms with Crippen LogP contribution in [0.1, 0.15) is 148 Å². The second kappa shape index (κ2) is 18.8. The van der Waals surface area contributed by atoms with Crippen LogP contribution in [-0.4, -0.2) is 9.85 Å². The number of thioether (sulfide) groups is 1. The van der Waals surface area contributed by atoms with Crippen LogP contribution in [0.5, 0.6) is 5.75 Å². The number of phenols is 1. The number of unbranched alkanes of at least 4 members (excludes halogenated alkanes) is 14. The fourth-order valence-corrected chi connectivity index (χ4v) is 5.47. The van der Waals surface area contributed by atoms with Crippen molar-refractivity contribution in [2.45, 2.75) is 154 Å². The first-order valence-electron chi connectivity index (χ1n) is 13.9. The zero-order valence-electron chi connectivity index (χ0n) is 22.0. The topological polar surface area (TPSA) is 20.2 Å². The van der Waals surface area contributed by atoms with E-state index in [2.05, 4.69) is 39.8 Å². The third kappa shape index (κ3) is 15.3. The molecule has 1 rings (SSSR count). The summed E-state index contributed by atoms with van der Waals surface area (Å²) in [7, 11) is 0. The second-order valence-corrected chi connectivity index (χ2v) is 12.1. The Morgan fingerprint density at radius 1 is 0.688 bits per heavy atom. The molecule has 1 aromatic rings. The summed E-state index contributed by atoms with van der Waals surface area (Å²) in [6, 6.07) is 6.29. The number of rotatable bonds is 21. The van der Waals surface area contributed by atoms with Gasteiger partial charge in [0.2, 0.25) is 0 Å². The predicted molar refractivity (Wildman–Crippen MR) is 147 cm³/mol. The summed E-state index contributed by atoms with van der Waals surface area (Å²) in [5, 5.41) is 10.4. The molecule has 0 fully saturated rings. The van der Waals surface area contributed by atoms with Crippen LogP contribution in [0.15, 0.2) is 18.2 Å². The molecular weight excluding hydrogens is 408 g/mol. The van der Waals surface area contributed by atoms with Crippen molar-refractivity contribution in [1.82, 2.24) is 0 Å². The molecule has 0 aliphatic rings. The smallest absolute Gasteiger partial charge is 0.119 e. The van der Waals surface area contributed by atoms with Crippen molar-refractivity contribution in [2.24, 2.45) is 0 Å². The highest BCUT2D eigenvalue weighted by Gasteiger charge is 2.19. The van der Waals surface area contributed by atoms with Crippen LogP contribution in [-0.2, 0) is 12.2 Å². The van der Waals surface area contributed by atoms with E-state index in [0.29, 0.717) is 5.75 Å². The quantitative estimate of drug-likeness (QED) is 0.183. The molecule has 186 valence electrons. The van der Waals surface area contributed by atoms with Crippen LogP contribution in [0.25, 0.3) is 0 Å². The van der Waals surface area contributed by atoms with E-state index in [9.17, 15) is 5.11 Å². The highest BCUT2D eigenvalue weighted by Crippen LogP contribution is 2.35. The fraction of sp³-hybridized carbons (Fsp3) is 0.800. The van der Waals surface area contributed by atoms with Crippen LogP contribution in [0.4, 0.5) is 0 Å². The standard InChI is InChI=1S/C30H54OS/c1-5-7-9-11-13-14-16-18-20-24-30(3,4)32-26-28-25-27(22-23-29(28)31)21-19-17-15-12-10-8-6-2/h22-23,25,31H,5-21,24,26H2,1-4H3. The van der Waals surface area contributed by atoms with E-state index >= 15 is 0 Å². The molecule has 0 radical (unpaired) electrons. The number of hydrogen-bond acceptors (Lipinski definition) is 2. The molecule has 1 nitrogen and oxygen atoms in total. The van der Waals surface area contributed by atoms with E-state index in [-0.39, 0.29) is 4.75 Å². The third-order valence-corrected chi connectivity index (χ3v) is 8.15. The zero-order valence-corrected chi connectivity index (χ0v) is 22.8. The third-order valence-electron chi connectivity index (χ3n) is 6.71. The minimum Gasteiger partial charge on any atom is -0.508 e. The van der Waals surface area contributed by atoms with Gasteiger partial charge in [0.15, 0.2) is 0 Å². The molecule has 0 heterocycles. The minimum absolute atomic E-state index is 0.280. The van der Waals surface area contributed by atoms with Crippen LogP contribution >= 0.6 is 11.8 Å². The normalized spacial score (nSPS) is 11.9. The molecule has 0 saturated carbocycles. The number of aromatic hydroxyl groups is 1. The van der Waals surface area contributed by atoms with Gasteiger partial charge in [-0.2, -0.15) is 11.8 Å². The van der Waals surface area contributed by atoms with Crippen molar-refractivity contribution in [3.8, 4) is 5.75 Å². The highest BCUT2D eigenvalue weighted by molar-refractivity contribution is 7.99. The average molecular weight is 463 g/mol. The molecule has 0 amide bonds. The van der Waals surface area contributed by atoms with Crippen molar-refractivity contribution in [1.29, 1.82) is 0 Å². The predicted octanol–water partition coefficient (Wildman–Crippen LogP) is 10.6. The lowest BCUT2D eigenvalue weighted by molar-refractivity contribution is 0.470. The summed E-state index contributed by atoms with van der Waals surface area (Å²) in [5.74, 6) is 1.39. The highest BCUT2D eigenvalue weighted by atomic mass is 32.2.